The van der Waals surface area contributed by atoms with Gasteiger partial charge in [0.1, 0.15) is 0 Å². The van der Waals surface area contributed by atoms with Crippen molar-refractivity contribution >= 4 is 21.6 Å². The van der Waals surface area contributed by atoms with Crippen LogP contribution in [0.15, 0.2) is 12.2 Å². The Morgan fingerprint density at radius 1 is 1.00 bits per heavy atom. The van der Waals surface area contributed by atoms with Crippen molar-refractivity contribution in [3.05, 3.63) is 12.2 Å². The highest BCUT2D eigenvalue weighted by Gasteiger charge is 2.46. The Labute approximate surface area is 74.3 Å². The van der Waals surface area contributed by atoms with Gasteiger partial charge in [0.15, 0.2) is 0 Å². The summed E-state index contributed by atoms with van der Waals surface area (Å²) < 4.78 is 5.78. The summed E-state index contributed by atoms with van der Waals surface area (Å²) in [4.78, 5) is 0. The van der Waals surface area contributed by atoms with Crippen LogP contribution in [0.2, 0.25) is 0 Å². The second-order valence-electron chi connectivity index (χ2n) is 3.35. The number of hydrogen-bond donors (Lipinski definition) is 0. The summed E-state index contributed by atoms with van der Waals surface area (Å²) in [7, 11) is 4.03. The molecule has 0 radical (unpaired) electrons. The molecule has 1 nitrogen and oxygen atoms in total. The predicted octanol–water partition coefficient (Wildman–Crippen LogP) is 1.95. The van der Waals surface area contributed by atoms with E-state index in [9.17, 15) is 0 Å². The molecule has 2 fully saturated rings. The van der Waals surface area contributed by atoms with E-state index in [0.717, 1.165) is 11.8 Å². The molecule has 0 N–H and O–H groups in total. The number of fused-ring (bicyclic) bond motifs is 5. The van der Waals surface area contributed by atoms with Gasteiger partial charge in [0.2, 0.25) is 0 Å². The molecule has 0 aliphatic carbocycles. The smallest absolute Gasteiger partial charge is 0.0805 e. The number of ether oxygens (including phenoxy) is 1. The summed E-state index contributed by atoms with van der Waals surface area (Å²) in [5, 5.41) is 0. The lowest BCUT2D eigenvalue weighted by molar-refractivity contribution is 0.106. The van der Waals surface area contributed by atoms with Crippen molar-refractivity contribution in [2.24, 2.45) is 11.8 Å². The summed E-state index contributed by atoms with van der Waals surface area (Å²) >= 11 is 0. The first kappa shape index (κ1) is 6.87. The maximum absolute atomic E-state index is 5.78. The highest BCUT2D eigenvalue weighted by Crippen LogP contribution is 2.48. The average Bonchev–Trinajstić information content (AvgIpc) is 2.64. The van der Waals surface area contributed by atoms with Crippen LogP contribution >= 0.6 is 21.6 Å². The van der Waals surface area contributed by atoms with Gasteiger partial charge in [0, 0.05) is 23.3 Å². The zero-order valence-electron chi connectivity index (χ0n) is 6.10. The molecule has 3 aliphatic rings. The molecule has 0 aromatic carbocycles. The molecule has 0 spiro atoms. The standard InChI is InChI=1S/C8H10OS2/c1-2-8-6-4-11-10-3-5(6)7(1)9-8/h1-2,5-8H,3-4H2/t5-,6+,7+,8-. The van der Waals surface area contributed by atoms with Crippen LogP contribution in [0.25, 0.3) is 0 Å². The Hall–Kier alpha value is 0.400. The highest BCUT2D eigenvalue weighted by atomic mass is 33.1. The second-order valence-corrected chi connectivity index (χ2v) is 5.90. The lowest BCUT2D eigenvalue weighted by atomic mass is 9.86. The first-order chi connectivity index (χ1) is 5.45. The normalized spacial score (nSPS) is 53.1. The molecule has 2 bridgehead atoms. The van der Waals surface area contributed by atoms with E-state index in [-0.39, 0.29) is 0 Å². The van der Waals surface area contributed by atoms with Crippen molar-refractivity contribution in [1.82, 2.24) is 0 Å². The fourth-order valence-electron chi connectivity index (χ4n) is 2.16. The monoisotopic (exact) mass is 186 g/mol. The van der Waals surface area contributed by atoms with Gasteiger partial charge in [-0.2, -0.15) is 0 Å². The molecule has 60 valence electrons. The van der Waals surface area contributed by atoms with Crippen LogP contribution in [-0.2, 0) is 4.74 Å². The number of hydrogen-bond acceptors (Lipinski definition) is 3. The molecule has 2 saturated heterocycles. The van der Waals surface area contributed by atoms with E-state index in [4.69, 9.17) is 4.74 Å². The summed E-state index contributed by atoms with van der Waals surface area (Å²) in [6.45, 7) is 0. The maximum Gasteiger partial charge on any atom is 0.0805 e. The summed E-state index contributed by atoms with van der Waals surface area (Å²) in [6.07, 6.45) is 5.45. The fraction of sp³-hybridized carbons (Fsp3) is 0.750. The van der Waals surface area contributed by atoms with Gasteiger partial charge >= 0.3 is 0 Å². The average molecular weight is 186 g/mol. The Balaban J connectivity index is 1.90. The summed E-state index contributed by atoms with van der Waals surface area (Å²) in [5.74, 6) is 4.24. The van der Waals surface area contributed by atoms with Crippen molar-refractivity contribution in [1.29, 1.82) is 0 Å². The molecule has 3 heteroatoms. The van der Waals surface area contributed by atoms with Gasteiger partial charge < -0.3 is 4.74 Å². The quantitative estimate of drug-likeness (QED) is 0.423. The van der Waals surface area contributed by atoms with Crippen molar-refractivity contribution < 1.29 is 4.74 Å². The lowest BCUT2D eigenvalue weighted by Gasteiger charge is -2.28. The Bertz CT molecular complexity index is 184. The zero-order valence-corrected chi connectivity index (χ0v) is 7.74. The second kappa shape index (κ2) is 2.44. The van der Waals surface area contributed by atoms with E-state index in [1.54, 1.807) is 0 Å². The SMILES string of the molecule is C1=C[C@H]2O[C@@H]1[C@@H]1CSSC[C@@H]12. The third-order valence-corrected chi connectivity index (χ3v) is 5.33. The minimum atomic E-state index is 0.471. The topological polar surface area (TPSA) is 9.23 Å². The third kappa shape index (κ3) is 0.910. The summed E-state index contributed by atoms with van der Waals surface area (Å²) in [5.41, 5.74) is 0. The first-order valence-electron chi connectivity index (χ1n) is 4.03. The van der Waals surface area contributed by atoms with Gasteiger partial charge in [-0.1, -0.05) is 33.7 Å². The van der Waals surface area contributed by atoms with Crippen LogP contribution in [-0.4, -0.2) is 23.7 Å². The maximum atomic E-state index is 5.78. The van der Waals surface area contributed by atoms with Crippen LogP contribution in [0.1, 0.15) is 0 Å². The van der Waals surface area contributed by atoms with E-state index in [1.807, 2.05) is 21.6 Å². The molecule has 0 saturated carbocycles. The molecular formula is C8H10OS2. The first-order valence-corrected chi connectivity index (χ1v) is 6.52. The Morgan fingerprint density at radius 3 is 2.09 bits per heavy atom. The van der Waals surface area contributed by atoms with Gasteiger partial charge in [-0.05, 0) is 0 Å². The van der Waals surface area contributed by atoms with Gasteiger partial charge in [-0.15, -0.1) is 0 Å². The van der Waals surface area contributed by atoms with Crippen molar-refractivity contribution in [2.75, 3.05) is 11.5 Å². The fourth-order valence-corrected chi connectivity index (χ4v) is 5.06. The molecule has 3 heterocycles. The predicted molar refractivity (Wildman–Crippen MR) is 49.7 cm³/mol. The molecule has 0 unspecified atom stereocenters. The van der Waals surface area contributed by atoms with Gasteiger partial charge in [-0.25, -0.2) is 0 Å². The third-order valence-electron chi connectivity index (χ3n) is 2.80. The van der Waals surface area contributed by atoms with Crippen molar-refractivity contribution in [3.63, 3.8) is 0 Å². The van der Waals surface area contributed by atoms with E-state index in [0.29, 0.717) is 12.2 Å². The summed E-state index contributed by atoms with van der Waals surface area (Å²) in [6, 6.07) is 0. The van der Waals surface area contributed by atoms with E-state index >= 15 is 0 Å². The molecular weight excluding hydrogens is 176 g/mol. The van der Waals surface area contributed by atoms with Crippen LogP contribution in [0, 0.1) is 11.8 Å². The van der Waals surface area contributed by atoms with Gasteiger partial charge in [0.25, 0.3) is 0 Å². The van der Waals surface area contributed by atoms with Crippen LogP contribution < -0.4 is 0 Å². The van der Waals surface area contributed by atoms with E-state index < -0.39 is 0 Å². The van der Waals surface area contributed by atoms with Crippen LogP contribution in [0.4, 0.5) is 0 Å². The Morgan fingerprint density at radius 2 is 1.55 bits per heavy atom. The molecule has 11 heavy (non-hydrogen) atoms. The van der Waals surface area contributed by atoms with E-state index in [1.165, 1.54) is 11.5 Å². The highest BCUT2D eigenvalue weighted by molar-refractivity contribution is 8.76. The van der Waals surface area contributed by atoms with E-state index in [2.05, 4.69) is 12.2 Å². The van der Waals surface area contributed by atoms with Gasteiger partial charge in [-0.3, -0.25) is 0 Å². The molecule has 4 atom stereocenters. The molecule has 0 aromatic heterocycles. The largest absolute Gasteiger partial charge is 0.366 e. The van der Waals surface area contributed by atoms with Crippen LogP contribution in [0.5, 0.6) is 0 Å². The zero-order chi connectivity index (χ0) is 7.26. The van der Waals surface area contributed by atoms with Crippen molar-refractivity contribution in [2.45, 2.75) is 12.2 Å². The van der Waals surface area contributed by atoms with Crippen molar-refractivity contribution in [3.8, 4) is 0 Å². The number of rotatable bonds is 0. The molecule has 3 rings (SSSR count). The minimum Gasteiger partial charge on any atom is -0.366 e. The van der Waals surface area contributed by atoms with Crippen LogP contribution in [0.3, 0.4) is 0 Å². The molecule has 0 aromatic rings. The lowest BCUT2D eigenvalue weighted by Crippen LogP contribution is -2.29. The molecule has 3 aliphatic heterocycles. The molecule has 0 amide bonds. The van der Waals surface area contributed by atoms with Gasteiger partial charge in [0.05, 0.1) is 12.2 Å². The Kier molecular flexibility index (Phi) is 1.52. The minimum absolute atomic E-state index is 0.471.